The Morgan fingerprint density at radius 2 is 1.82 bits per heavy atom. The number of nitrogens with zero attached hydrogens (tertiary/aromatic N) is 7. The van der Waals surface area contributed by atoms with Gasteiger partial charge < -0.3 is 15.1 Å². The van der Waals surface area contributed by atoms with Crippen LogP contribution in [0, 0.1) is 29.3 Å². The van der Waals surface area contributed by atoms with Gasteiger partial charge in [0.15, 0.2) is 22.6 Å². The molecule has 34 heavy (non-hydrogen) atoms. The highest BCUT2D eigenvalue weighted by Gasteiger charge is 2.43. The first kappa shape index (κ1) is 21.5. The molecule has 2 unspecified atom stereocenters. The Morgan fingerprint density at radius 1 is 1.03 bits per heavy atom. The van der Waals surface area contributed by atoms with Gasteiger partial charge in [0.25, 0.3) is 0 Å². The third-order valence-corrected chi connectivity index (χ3v) is 7.24. The fourth-order valence-corrected chi connectivity index (χ4v) is 5.65. The first-order valence-corrected chi connectivity index (χ1v) is 11.7. The molecule has 6 rings (SSSR count). The van der Waals surface area contributed by atoms with Crippen LogP contribution in [0.5, 0.6) is 0 Å². The number of aryl methyl sites for hydroxylation is 1. The molecular formula is C22H22ClF3N8. The zero-order chi connectivity index (χ0) is 23.4. The van der Waals surface area contributed by atoms with Crippen LogP contribution in [0.4, 0.5) is 36.4 Å². The van der Waals surface area contributed by atoms with E-state index in [1.54, 1.807) is 15.8 Å². The fourth-order valence-electron chi connectivity index (χ4n) is 5.50. The number of hydrogen-bond donors (Lipinski definition) is 1. The molecule has 2 aromatic heterocycles. The average Bonchev–Trinajstić information content (AvgIpc) is 3.33. The topological polar surface area (TPSA) is 75.0 Å². The number of anilines is 4. The van der Waals surface area contributed by atoms with E-state index in [-0.39, 0.29) is 11.7 Å². The van der Waals surface area contributed by atoms with Gasteiger partial charge >= 0.3 is 0 Å². The van der Waals surface area contributed by atoms with Crippen molar-refractivity contribution in [2.75, 3.05) is 34.8 Å². The molecule has 2 fully saturated rings. The van der Waals surface area contributed by atoms with E-state index in [0.717, 1.165) is 37.7 Å². The zero-order valence-corrected chi connectivity index (χ0v) is 18.9. The van der Waals surface area contributed by atoms with E-state index >= 15 is 0 Å². The summed E-state index contributed by atoms with van der Waals surface area (Å²) in [7, 11) is 0. The molecule has 1 saturated carbocycles. The summed E-state index contributed by atoms with van der Waals surface area (Å²) < 4.78 is 43.5. The van der Waals surface area contributed by atoms with Crippen molar-refractivity contribution in [3.63, 3.8) is 0 Å². The summed E-state index contributed by atoms with van der Waals surface area (Å²) in [5.74, 6) is -2.25. The van der Waals surface area contributed by atoms with Gasteiger partial charge in [-0.25, -0.2) is 17.9 Å². The molecule has 3 aromatic rings. The van der Waals surface area contributed by atoms with Crippen molar-refractivity contribution in [1.82, 2.24) is 25.0 Å². The lowest BCUT2D eigenvalue weighted by Gasteiger charge is -2.39. The van der Waals surface area contributed by atoms with Crippen molar-refractivity contribution in [3.05, 3.63) is 47.0 Å². The largest absolute Gasteiger partial charge is 0.369 e. The predicted octanol–water partition coefficient (Wildman–Crippen LogP) is 4.01. The summed E-state index contributed by atoms with van der Waals surface area (Å²) >= 11 is 6.02. The van der Waals surface area contributed by atoms with Gasteiger partial charge in [-0.2, -0.15) is 10.1 Å². The number of halogens is 4. The lowest BCUT2D eigenvalue weighted by atomic mass is 9.92. The second-order valence-corrected chi connectivity index (χ2v) is 9.45. The van der Waals surface area contributed by atoms with Crippen LogP contribution < -0.4 is 15.1 Å². The first-order chi connectivity index (χ1) is 16.5. The summed E-state index contributed by atoms with van der Waals surface area (Å²) in [5.41, 5.74) is 0.923. The Labute approximate surface area is 198 Å². The number of rotatable bonds is 4. The van der Waals surface area contributed by atoms with Crippen LogP contribution in [0.15, 0.2) is 24.4 Å². The van der Waals surface area contributed by atoms with Crippen LogP contribution in [0.3, 0.4) is 0 Å². The molecule has 4 heterocycles. The summed E-state index contributed by atoms with van der Waals surface area (Å²) in [6.07, 6.45) is 4.59. The molecule has 1 aliphatic carbocycles. The maximum atomic E-state index is 14.5. The number of piperidine rings is 1. The van der Waals surface area contributed by atoms with Crippen molar-refractivity contribution in [2.45, 2.75) is 31.8 Å². The second-order valence-electron chi connectivity index (χ2n) is 9.07. The highest BCUT2D eigenvalue weighted by atomic mass is 35.5. The molecule has 12 heteroatoms. The minimum absolute atomic E-state index is 0.0446. The third-order valence-electron chi connectivity index (χ3n) is 7.06. The molecule has 1 N–H and O–H groups in total. The van der Waals surface area contributed by atoms with Gasteiger partial charge in [-0.05, 0) is 43.2 Å². The smallest absolute Gasteiger partial charge is 0.244 e. The van der Waals surface area contributed by atoms with Crippen LogP contribution in [0.2, 0.25) is 5.15 Å². The Kier molecular flexibility index (Phi) is 5.23. The summed E-state index contributed by atoms with van der Waals surface area (Å²) in [4.78, 5) is 8.46. The van der Waals surface area contributed by atoms with Gasteiger partial charge in [-0.1, -0.05) is 11.6 Å². The monoisotopic (exact) mass is 490 g/mol. The van der Waals surface area contributed by atoms with E-state index in [1.807, 2.05) is 6.07 Å². The van der Waals surface area contributed by atoms with Gasteiger partial charge in [0.2, 0.25) is 11.9 Å². The van der Waals surface area contributed by atoms with Gasteiger partial charge in [0.1, 0.15) is 0 Å². The van der Waals surface area contributed by atoms with Gasteiger partial charge in [-0.15, -0.1) is 10.2 Å². The molecule has 0 spiro atoms. The SMILES string of the molecule is Fc1ccc(N2CCCn3nc(NC4C5CCC4CN(c4cnnc(Cl)c4)C5)nc32)c(F)c1F. The van der Waals surface area contributed by atoms with E-state index in [0.29, 0.717) is 48.4 Å². The second kappa shape index (κ2) is 8.30. The standard InChI is InChI=1S/C22H22ClF3N8/c23-17-8-14(9-27-30-17)32-10-12-2-3-13(11-32)20(12)28-21-29-22-33(6-1-7-34(22)31-21)16-5-4-15(24)18(25)19(16)26/h4-5,8-9,12-13,20H,1-3,6-7,10-11H2,(H,28,31). The maximum absolute atomic E-state index is 14.5. The van der Waals surface area contributed by atoms with Crippen molar-refractivity contribution in [1.29, 1.82) is 0 Å². The Hall–Kier alpha value is -3.08. The number of benzene rings is 1. The van der Waals surface area contributed by atoms with Crippen LogP contribution in [0.25, 0.3) is 0 Å². The van der Waals surface area contributed by atoms with Crippen LogP contribution in [-0.4, -0.2) is 50.6 Å². The van der Waals surface area contributed by atoms with Crippen molar-refractivity contribution in [3.8, 4) is 0 Å². The van der Waals surface area contributed by atoms with Gasteiger partial charge in [0.05, 0.1) is 17.6 Å². The normalized spacial score (nSPS) is 23.8. The molecule has 0 amide bonds. The number of aromatic nitrogens is 5. The third kappa shape index (κ3) is 3.62. The molecule has 1 aromatic carbocycles. The molecule has 3 aliphatic rings. The minimum Gasteiger partial charge on any atom is -0.369 e. The van der Waals surface area contributed by atoms with Crippen molar-refractivity contribution >= 4 is 34.9 Å². The lowest BCUT2D eigenvalue weighted by molar-refractivity contribution is 0.376. The van der Waals surface area contributed by atoms with E-state index in [1.165, 1.54) is 6.07 Å². The Balaban J connectivity index is 1.22. The number of nitrogens with one attached hydrogen (secondary N) is 1. The molecule has 1 saturated heterocycles. The Bertz CT molecular complexity index is 1220. The van der Waals surface area contributed by atoms with E-state index in [4.69, 9.17) is 11.6 Å². The number of fused-ring (bicyclic) bond motifs is 3. The summed E-state index contributed by atoms with van der Waals surface area (Å²) in [5, 5.41) is 16.3. The maximum Gasteiger partial charge on any atom is 0.244 e. The molecule has 2 atom stereocenters. The highest BCUT2D eigenvalue weighted by Crippen LogP contribution is 2.40. The van der Waals surface area contributed by atoms with Gasteiger partial charge in [0, 0.05) is 38.3 Å². The van der Waals surface area contributed by atoms with E-state index < -0.39 is 17.5 Å². The van der Waals surface area contributed by atoms with Crippen LogP contribution in [0.1, 0.15) is 19.3 Å². The van der Waals surface area contributed by atoms with Crippen LogP contribution in [-0.2, 0) is 6.54 Å². The van der Waals surface area contributed by atoms with Gasteiger partial charge in [-0.3, -0.25) is 0 Å². The molecule has 0 radical (unpaired) electrons. The molecule has 2 bridgehead atoms. The Morgan fingerprint density at radius 3 is 2.59 bits per heavy atom. The van der Waals surface area contributed by atoms with Crippen molar-refractivity contribution < 1.29 is 13.2 Å². The quantitative estimate of drug-likeness (QED) is 0.554. The first-order valence-electron chi connectivity index (χ1n) is 11.3. The number of hydrogen-bond acceptors (Lipinski definition) is 7. The van der Waals surface area contributed by atoms with Crippen molar-refractivity contribution in [2.24, 2.45) is 11.8 Å². The average molecular weight is 491 g/mol. The lowest BCUT2D eigenvalue weighted by Crippen LogP contribution is -2.48. The zero-order valence-electron chi connectivity index (χ0n) is 18.1. The molecule has 2 aliphatic heterocycles. The van der Waals surface area contributed by atoms with E-state index in [2.05, 4.69) is 30.5 Å². The minimum atomic E-state index is -1.48. The highest BCUT2D eigenvalue weighted by molar-refractivity contribution is 6.29. The molecule has 178 valence electrons. The molecular weight excluding hydrogens is 469 g/mol. The summed E-state index contributed by atoms with van der Waals surface area (Å²) in [6.45, 7) is 2.77. The predicted molar refractivity (Wildman–Crippen MR) is 121 cm³/mol. The van der Waals surface area contributed by atoms with E-state index in [9.17, 15) is 13.2 Å². The fraction of sp³-hybridized carbons (Fsp3) is 0.455. The summed E-state index contributed by atoms with van der Waals surface area (Å²) in [6, 6.07) is 4.21. The molecule has 8 nitrogen and oxygen atoms in total. The van der Waals surface area contributed by atoms with Crippen LogP contribution >= 0.6 is 11.6 Å².